The van der Waals surface area contributed by atoms with Crippen LogP contribution in [0.15, 0.2) is 48.0 Å². The van der Waals surface area contributed by atoms with Gasteiger partial charge < -0.3 is 11.1 Å². The van der Waals surface area contributed by atoms with Gasteiger partial charge in [-0.3, -0.25) is 9.58 Å². The van der Waals surface area contributed by atoms with Gasteiger partial charge in [0.1, 0.15) is 5.82 Å². The highest BCUT2D eigenvalue weighted by molar-refractivity contribution is 7.10. The van der Waals surface area contributed by atoms with Gasteiger partial charge in [0.2, 0.25) is 5.95 Å². The van der Waals surface area contributed by atoms with Crippen LogP contribution in [0.4, 0.5) is 11.8 Å². The van der Waals surface area contributed by atoms with Crippen LogP contribution in [0.25, 0.3) is 11.0 Å². The lowest BCUT2D eigenvalue weighted by Gasteiger charge is -2.35. The minimum Gasteiger partial charge on any atom is -0.383 e. The van der Waals surface area contributed by atoms with E-state index in [9.17, 15) is 0 Å². The van der Waals surface area contributed by atoms with Crippen LogP contribution in [-0.4, -0.2) is 37.7 Å². The number of rotatable bonds is 5. The molecular weight excluding hydrogens is 382 g/mol. The average molecular weight is 406 g/mol. The number of aromatic nitrogens is 4. The summed E-state index contributed by atoms with van der Waals surface area (Å²) in [5.74, 6) is 0.982. The number of hydrogen-bond acceptors (Lipinski definition) is 7. The fraction of sp³-hybridized carbons (Fsp3) is 0.286. The fourth-order valence-electron chi connectivity index (χ4n) is 3.98. The van der Waals surface area contributed by atoms with Crippen molar-refractivity contribution in [3.63, 3.8) is 0 Å². The first-order chi connectivity index (χ1) is 14.2. The topological polar surface area (TPSA) is 84.9 Å². The van der Waals surface area contributed by atoms with Crippen LogP contribution in [0.2, 0.25) is 0 Å². The van der Waals surface area contributed by atoms with Crippen LogP contribution in [0.3, 0.4) is 0 Å². The maximum absolute atomic E-state index is 6.12. The van der Waals surface area contributed by atoms with E-state index in [2.05, 4.69) is 67.1 Å². The van der Waals surface area contributed by atoms with E-state index in [-0.39, 0.29) is 6.04 Å². The van der Waals surface area contributed by atoms with E-state index < -0.39 is 0 Å². The molecule has 148 valence electrons. The van der Waals surface area contributed by atoms with Gasteiger partial charge in [-0.1, -0.05) is 30.3 Å². The van der Waals surface area contributed by atoms with Crippen molar-refractivity contribution in [1.82, 2.24) is 24.6 Å². The van der Waals surface area contributed by atoms with E-state index in [0.717, 1.165) is 30.5 Å². The molecule has 0 amide bonds. The van der Waals surface area contributed by atoms with Crippen molar-refractivity contribution in [2.45, 2.75) is 19.0 Å². The zero-order valence-electron chi connectivity index (χ0n) is 16.2. The molecule has 0 bridgehead atoms. The summed E-state index contributed by atoms with van der Waals surface area (Å²) in [5, 5.41) is 10.6. The van der Waals surface area contributed by atoms with Gasteiger partial charge >= 0.3 is 0 Å². The quantitative estimate of drug-likeness (QED) is 0.530. The van der Waals surface area contributed by atoms with Crippen molar-refractivity contribution in [3.8, 4) is 0 Å². The third-order valence-corrected chi connectivity index (χ3v) is 6.56. The largest absolute Gasteiger partial charge is 0.383 e. The summed E-state index contributed by atoms with van der Waals surface area (Å²) in [6.45, 7) is 2.70. The lowest BCUT2D eigenvalue weighted by atomic mass is 10.0. The number of benzene rings is 1. The molecule has 8 heteroatoms. The predicted octanol–water partition coefficient (Wildman–Crippen LogP) is 3.22. The number of fused-ring (bicyclic) bond motifs is 2. The average Bonchev–Trinajstić information content (AvgIpc) is 3.36. The number of hydrogen-bond donors (Lipinski definition) is 2. The van der Waals surface area contributed by atoms with Crippen LogP contribution >= 0.6 is 11.3 Å². The molecule has 3 aromatic heterocycles. The minimum absolute atomic E-state index is 0.219. The summed E-state index contributed by atoms with van der Waals surface area (Å²) in [6.07, 6.45) is 2.80. The van der Waals surface area contributed by atoms with Gasteiger partial charge in [0.05, 0.1) is 17.6 Å². The molecule has 3 N–H and O–H groups in total. The first-order valence-electron chi connectivity index (χ1n) is 9.72. The summed E-state index contributed by atoms with van der Waals surface area (Å²) in [5.41, 5.74) is 9.58. The molecule has 29 heavy (non-hydrogen) atoms. The van der Waals surface area contributed by atoms with Crippen molar-refractivity contribution < 1.29 is 0 Å². The van der Waals surface area contributed by atoms with Crippen LogP contribution in [0.1, 0.15) is 22.0 Å². The molecule has 1 unspecified atom stereocenters. The monoisotopic (exact) mass is 405 g/mol. The van der Waals surface area contributed by atoms with E-state index in [1.807, 2.05) is 18.4 Å². The second-order valence-electron chi connectivity index (χ2n) is 7.33. The number of nitrogens with two attached hydrogens (primary N) is 1. The van der Waals surface area contributed by atoms with Gasteiger partial charge in [-0.05, 0) is 29.0 Å². The normalized spacial score (nSPS) is 15.3. The Morgan fingerprint density at radius 1 is 1.21 bits per heavy atom. The number of thiophene rings is 1. The van der Waals surface area contributed by atoms with Crippen LogP contribution in [0, 0.1) is 0 Å². The molecule has 7 nitrogen and oxygen atoms in total. The van der Waals surface area contributed by atoms with Gasteiger partial charge in [-0.2, -0.15) is 15.1 Å². The molecule has 1 atom stereocenters. The highest BCUT2D eigenvalue weighted by Crippen LogP contribution is 2.30. The Kier molecular flexibility index (Phi) is 4.65. The van der Waals surface area contributed by atoms with E-state index in [1.54, 1.807) is 10.9 Å². The smallest absolute Gasteiger partial charge is 0.226 e. The first kappa shape index (κ1) is 18.1. The van der Waals surface area contributed by atoms with Gasteiger partial charge in [-0.15, -0.1) is 11.3 Å². The molecule has 1 aromatic carbocycles. The molecule has 4 heterocycles. The Balaban J connectivity index is 1.41. The summed E-state index contributed by atoms with van der Waals surface area (Å²) >= 11 is 1.87. The van der Waals surface area contributed by atoms with E-state index >= 15 is 0 Å². The molecule has 4 aromatic rings. The molecule has 0 spiro atoms. The Hall–Kier alpha value is -2.97. The van der Waals surface area contributed by atoms with Gasteiger partial charge in [0, 0.05) is 31.6 Å². The summed E-state index contributed by atoms with van der Waals surface area (Å²) < 4.78 is 1.72. The first-order valence-corrected chi connectivity index (χ1v) is 10.6. The molecule has 0 saturated carbocycles. The number of nitrogens with zero attached hydrogens (tertiary/aromatic N) is 5. The summed E-state index contributed by atoms with van der Waals surface area (Å²) in [6, 6.07) is 13.1. The maximum Gasteiger partial charge on any atom is 0.226 e. The number of nitrogen functional groups attached to an aromatic ring is 1. The van der Waals surface area contributed by atoms with Gasteiger partial charge in [0.25, 0.3) is 0 Å². The lowest BCUT2D eigenvalue weighted by Crippen LogP contribution is -2.37. The zero-order valence-corrected chi connectivity index (χ0v) is 17.1. The highest BCUT2D eigenvalue weighted by Gasteiger charge is 2.25. The highest BCUT2D eigenvalue weighted by atomic mass is 32.1. The molecule has 0 fully saturated rings. The summed E-state index contributed by atoms with van der Waals surface area (Å²) in [4.78, 5) is 13.1. The Bertz CT molecular complexity index is 1130. The SMILES string of the molecule is Cn1ncc2c(N)nc(NCC(c3ccccc3)N3CCc4sccc4C3)nc21. The van der Waals surface area contributed by atoms with Crippen LogP contribution < -0.4 is 11.1 Å². The van der Waals surface area contributed by atoms with Crippen molar-refractivity contribution in [3.05, 3.63) is 64.0 Å². The standard InChI is InChI=1S/C21H23N7S/c1-27-20-16(11-24-27)19(22)25-21(26-20)23-12-17(14-5-3-2-4-6-14)28-9-7-18-15(13-28)8-10-29-18/h2-6,8,10-11,17H,7,9,12-13H2,1H3,(H3,22,23,25,26). The van der Waals surface area contributed by atoms with Crippen molar-refractivity contribution in [2.75, 3.05) is 24.1 Å². The van der Waals surface area contributed by atoms with Gasteiger partial charge in [0.15, 0.2) is 5.65 Å². The predicted molar refractivity (Wildman–Crippen MR) is 117 cm³/mol. The van der Waals surface area contributed by atoms with Crippen molar-refractivity contribution in [1.29, 1.82) is 0 Å². The molecule has 0 aliphatic carbocycles. The number of anilines is 2. The Morgan fingerprint density at radius 2 is 2.07 bits per heavy atom. The zero-order chi connectivity index (χ0) is 19.8. The number of nitrogens with one attached hydrogen (secondary N) is 1. The maximum atomic E-state index is 6.12. The van der Waals surface area contributed by atoms with Gasteiger partial charge in [-0.25, -0.2) is 0 Å². The lowest BCUT2D eigenvalue weighted by molar-refractivity contribution is 0.188. The molecule has 5 rings (SSSR count). The Morgan fingerprint density at radius 3 is 2.93 bits per heavy atom. The van der Waals surface area contributed by atoms with Crippen molar-refractivity contribution in [2.24, 2.45) is 7.05 Å². The third kappa shape index (κ3) is 3.45. The molecule has 1 aliphatic rings. The fourth-order valence-corrected chi connectivity index (χ4v) is 4.87. The minimum atomic E-state index is 0.219. The van der Waals surface area contributed by atoms with E-state index in [4.69, 9.17) is 5.73 Å². The van der Waals surface area contributed by atoms with E-state index in [1.165, 1.54) is 16.0 Å². The number of aryl methyl sites for hydroxylation is 1. The third-order valence-electron chi connectivity index (χ3n) is 5.54. The molecule has 0 radical (unpaired) electrons. The Labute approximate surface area is 173 Å². The molecule has 0 saturated heterocycles. The van der Waals surface area contributed by atoms with Crippen LogP contribution in [-0.2, 0) is 20.0 Å². The van der Waals surface area contributed by atoms with E-state index in [0.29, 0.717) is 18.3 Å². The second kappa shape index (κ2) is 7.46. The van der Waals surface area contributed by atoms with Crippen molar-refractivity contribution >= 4 is 34.1 Å². The van der Waals surface area contributed by atoms with Crippen LogP contribution in [0.5, 0.6) is 0 Å². The second-order valence-corrected chi connectivity index (χ2v) is 8.34. The molecule has 1 aliphatic heterocycles. The summed E-state index contributed by atoms with van der Waals surface area (Å²) in [7, 11) is 1.86. The molecular formula is C21H23N7S.